The van der Waals surface area contributed by atoms with Gasteiger partial charge in [-0.25, -0.2) is 0 Å². The number of hydrogen-bond donors (Lipinski definition) is 7. The van der Waals surface area contributed by atoms with Crippen LogP contribution in [0.4, 0.5) is 0 Å². The topological polar surface area (TPSA) is 159 Å². The minimum atomic E-state index is -1.86. The lowest BCUT2D eigenvalue weighted by Crippen LogP contribution is -2.06. The van der Waals surface area contributed by atoms with Gasteiger partial charge in [-0.1, -0.05) is 0 Å². The molecule has 1 atom stereocenters. The van der Waals surface area contributed by atoms with Crippen molar-refractivity contribution < 1.29 is 40.5 Å². The monoisotopic (exact) mass is 246 g/mol. The summed E-state index contributed by atoms with van der Waals surface area (Å²) in [6.45, 7) is 0. The maximum absolute atomic E-state index is 10.3. The summed E-state index contributed by atoms with van der Waals surface area (Å²) < 4.78 is 0. The number of aromatic hydroxyl groups is 5. The Kier molecular flexibility index (Phi) is 3.19. The van der Waals surface area contributed by atoms with Gasteiger partial charge in [-0.2, -0.15) is 0 Å². The Bertz CT molecular complexity index is 438. The van der Waals surface area contributed by atoms with Crippen molar-refractivity contribution in [2.75, 3.05) is 0 Å². The van der Waals surface area contributed by atoms with Crippen molar-refractivity contribution >= 4 is 5.97 Å². The molecule has 0 aliphatic heterocycles. The molecule has 0 amide bonds. The third kappa shape index (κ3) is 2.11. The lowest BCUT2D eigenvalue weighted by atomic mass is 10.0. The Morgan fingerprint density at radius 1 is 0.882 bits per heavy atom. The summed E-state index contributed by atoms with van der Waals surface area (Å²) in [6.07, 6.45) is -2.73. The van der Waals surface area contributed by atoms with Gasteiger partial charge in [0, 0.05) is 0 Å². The van der Waals surface area contributed by atoms with Gasteiger partial charge in [-0.3, -0.25) is 4.79 Å². The van der Waals surface area contributed by atoms with Gasteiger partial charge in [0.2, 0.25) is 17.2 Å². The molecule has 1 rings (SSSR count). The molecule has 1 unspecified atom stereocenters. The van der Waals surface area contributed by atoms with Crippen LogP contribution in [0.15, 0.2) is 0 Å². The number of aliphatic hydroxyl groups is 1. The highest BCUT2D eigenvalue weighted by Gasteiger charge is 2.28. The molecular weight excluding hydrogens is 236 g/mol. The second kappa shape index (κ2) is 4.26. The first-order valence-corrected chi connectivity index (χ1v) is 4.35. The normalized spacial score (nSPS) is 12.3. The van der Waals surface area contributed by atoms with Crippen LogP contribution in [-0.2, 0) is 4.79 Å². The maximum Gasteiger partial charge on any atom is 0.306 e. The van der Waals surface area contributed by atoms with Crippen LogP contribution < -0.4 is 0 Å². The first-order valence-electron chi connectivity index (χ1n) is 4.35. The molecular formula is C9H10O8. The standard InChI is InChI=1S/C9H10O8/c10-2(1-3(11)12)4-5(13)7(15)9(17)8(16)6(4)14/h2,10,13-17H,1H2,(H,11,12). The average molecular weight is 246 g/mol. The molecule has 0 saturated carbocycles. The number of phenols is 5. The maximum atomic E-state index is 10.3. The van der Waals surface area contributed by atoms with Gasteiger partial charge in [-0.05, 0) is 0 Å². The Morgan fingerprint density at radius 2 is 1.24 bits per heavy atom. The van der Waals surface area contributed by atoms with Crippen LogP contribution in [0.3, 0.4) is 0 Å². The van der Waals surface area contributed by atoms with Crippen molar-refractivity contribution in [2.24, 2.45) is 0 Å². The number of carbonyl (C=O) groups is 1. The van der Waals surface area contributed by atoms with Crippen LogP contribution in [0.1, 0.15) is 18.1 Å². The fourth-order valence-corrected chi connectivity index (χ4v) is 1.29. The number of hydrogen-bond acceptors (Lipinski definition) is 7. The van der Waals surface area contributed by atoms with E-state index in [2.05, 4.69) is 0 Å². The number of aliphatic hydroxyl groups excluding tert-OH is 1. The van der Waals surface area contributed by atoms with Crippen molar-refractivity contribution in [1.82, 2.24) is 0 Å². The second-order valence-corrected chi connectivity index (χ2v) is 3.27. The molecule has 0 saturated heterocycles. The third-order valence-electron chi connectivity index (χ3n) is 2.11. The summed E-state index contributed by atoms with van der Waals surface area (Å²) in [5, 5.41) is 63.8. The minimum Gasteiger partial charge on any atom is -0.504 e. The predicted octanol–water partition coefficient (Wildman–Crippen LogP) is -0.277. The fraction of sp³-hybridized carbons (Fsp3) is 0.222. The predicted molar refractivity (Wildman–Crippen MR) is 52.0 cm³/mol. The van der Waals surface area contributed by atoms with E-state index in [0.717, 1.165) is 0 Å². The summed E-state index contributed by atoms with van der Waals surface area (Å²) in [5.74, 6) is -7.15. The van der Waals surface area contributed by atoms with Crippen LogP contribution in [-0.4, -0.2) is 41.7 Å². The van der Waals surface area contributed by atoms with Gasteiger partial charge in [0.15, 0.2) is 11.5 Å². The summed E-state index contributed by atoms with van der Waals surface area (Å²) in [7, 11) is 0. The van der Waals surface area contributed by atoms with E-state index in [1.165, 1.54) is 0 Å². The smallest absolute Gasteiger partial charge is 0.306 e. The van der Waals surface area contributed by atoms with E-state index in [0.29, 0.717) is 0 Å². The Labute approximate surface area is 94.2 Å². The van der Waals surface area contributed by atoms with Gasteiger partial charge in [0.25, 0.3) is 0 Å². The van der Waals surface area contributed by atoms with Crippen LogP contribution >= 0.6 is 0 Å². The van der Waals surface area contributed by atoms with E-state index >= 15 is 0 Å². The van der Waals surface area contributed by atoms with Crippen LogP contribution in [0.25, 0.3) is 0 Å². The lowest BCUT2D eigenvalue weighted by Gasteiger charge is -2.15. The number of aliphatic carboxylic acids is 1. The highest BCUT2D eigenvalue weighted by atomic mass is 16.4. The number of carboxylic acids is 1. The zero-order valence-corrected chi connectivity index (χ0v) is 8.32. The molecule has 8 heteroatoms. The number of benzene rings is 1. The number of rotatable bonds is 3. The number of carboxylic acid groups (broad SMARTS) is 1. The Hall–Kier alpha value is -2.35. The van der Waals surface area contributed by atoms with Gasteiger partial charge in [0.1, 0.15) is 0 Å². The molecule has 7 N–H and O–H groups in total. The van der Waals surface area contributed by atoms with Crippen molar-refractivity contribution in [3.63, 3.8) is 0 Å². The van der Waals surface area contributed by atoms with Crippen molar-refractivity contribution in [3.8, 4) is 28.7 Å². The molecule has 0 heterocycles. The average Bonchev–Trinajstić information content (AvgIpc) is 2.23. The lowest BCUT2D eigenvalue weighted by molar-refractivity contribution is -0.139. The van der Waals surface area contributed by atoms with Crippen LogP contribution in [0.2, 0.25) is 0 Å². The van der Waals surface area contributed by atoms with E-state index in [1.54, 1.807) is 0 Å². The van der Waals surface area contributed by atoms with Gasteiger partial charge in [0.05, 0.1) is 18.1 Å². The quantitative estimate of drug-likeness (QED) is 0.283. The van der Waals surface area contributed by atoms with E-state index in [9.17, 15) is 20.1 Å². The van der Waals surface area contributed by atoms with E-state index in [1.807, 2.05) is 0 Å². The molecule has 17 heavy (non-hydrogen) atoms. The zero-order valence-electron chi connectivity index (χ0n) is 8.32. The first kappa shape index (κ1) is 12.7. The first-order chi connectivity index (χ1) is 7.77. The molecule has 0 radical (unpaired) electrons. The van der Waals surface area contributed by atoms with Crippen molar-refractivity contribution in [3.05, 3.63) is 5.56 Å². The molecule has 0 fully saturated rings. The Morgan fingerprint density at radius 3 is 1.59 bits per heavy atom. The molecule has 0 aliphatic rings. The highest BCUT2D eigenvalue weighted by Crippen LogP contribution is 2.52. The van der Waals surface area contributed by atoms with Crippen molar-refractivity contribution in [1.29, 1.82) is 0 Å². The molecule has 0 aliphatic carbocycles. The number of phenolic OH excluding ortho intramolecular Hbond substituents is 5. The largest absolute Gasteiger partial charge is 0.504 e. The molecule has 1 aromatic carbocycles. The van der Waals surface area contributed by atoms with Gasteiger partial charge < -0.3 is 35.7 Å². The zero-order chi connectivity index (χ0) is 13.3. The molecule has 0 spiro atoms. The summed E-state index contributed by atoms with van der Waals surface area (Å²) in [5.41, 5.74) is -0.778. The fourth-order valence-electron chi connectivity index (χ4n) is 1.29. The molecule has 1 aromatic rings. The second-order valence-electron chi connectivity index (χ2n) is 3.27. The van der Waals surface area contributed by atoms with Crippen molar-refractivity contribution in [2.45, 2.75) is 12.5 Å². The molecule has 94 valence electrons. The molecule has 0 aromatic heterocycles. The van der Waals surface area contributed by atoms with Gasteiger partial charge in [-0.15, -0.1) is 0 Å². The van der Waals surface area contributed by atoms with Crippen LogP contribution in [0, 0.1) is 0 Å². The van der Waals surface area contributed by atoms with E-state index in [4.69, 9.17) is 20.4 Å². The Balaban J connectivity index is 3.38. The minimum absolute atomic E-state index is 0.778. The summed E-state index contributed by atoms with van der Waals surface area (Å²) >= 11 is 0. The SMILES string of the molecule is O=C(O)CC(O)c1c(O)c(O)c(O)c(O)c1O. The molecule has 8 nitrogen and oxygen atoms in total. The van der Waals surface area contributed by atoms with Gasteiger partial charge >= 0.3 is 5.97 Å². The van der Waals surface area contributed by atoms with Crippen LogP contribution in [0.5, 0.6) is 28.7 Å². The molecule has 0 bridgehead atoms. The third-order valence-corrected chi connectivity index (χ3v) is 2.11. The van der Waals surface area contributed by atoms with E-state index in [-0.39, 0.29) is 0 Å². The summed E-state index contributed by atoms with van der Waals surface area (Å²) in [6, 6.07) is 0. The van der Waals surface area contributed by atoms with E-state index < -0.39 is 52.8 Å². The summed E-state index contributed by atoms with van der Waals surface area (Å²) in [4.78, 5) is 10.3. The highest BCUT2D eigenvalue weighted by molar-refractivity contribution is 5.71.